The van der Waals surface area contributed by atoms with E-state index in [4.69, 9.17) is 16.2 Å². The lowest BCUT2D eigenvalue weighted by molar-refractivity contribution is 0.0960. The number of aromatic nitrogens is 6. The zero-order valence-electron chi connectivity index (χ0n) is 20.3. The van der Waals surface area contributed by atoms with Crippen molar-refractivity contribution < 1.29 is 13.9 Å². The van der Waals surface area contributed by atoms with E-state index in [1.165, 1.54) is 46.2 Å². The molecule has 1 fully saturated rings. The van der Waals surface area contributed by atoms with Crippen LogP contribution in [-0.4, -0.2) is 40.7 Å². The summed E-state index contributed by atoms with van der Waals surface area (Å²) in [6.45, 7) is 0. The van der Waals surface area contributed by atoms with Crippen molar-refractivity contribution in [3.05, 3.63) is 84.8 Å². The number of halogens is 1. The largest absolute Gasteiger partial charge is 0.439 e. The van der Waals surface area contributed by atoms with Crippen LogP contribution in [0.4, 0.5) is 10.2 Å². The first-order valence-electron chi connectivity index (χ1n) is 11.9. The minimum absolute atomic E-state index is 0.0549. The number of anilines is 1. The number of pyridine rings is 1. The number of ether oxygens (including phenoxy) is 1. The number of rotatable bonds is 6. The lowest BCUT2D eigenvalue weighted by Crippen LogP contribution is -2.21. The number of allylic oxidation sites excluding steroid dienone is 1. The quantitative estimate of drug-likeness (QED) is 0.192. The molecule has 5 aromatic rings. The standard InChI is InChI=1S/C27H20FN9O2/c28-23-19(6-7-20(34-23)39-18-4-2-1-3-5-18)22-21-24(30)32-15-33-25(21)37(35-22)17-8-11-36(14-17)26(38)16(13-29)12-27(31)9-10-27/h1-8,11-12,14-15H,9-10,31H2,(H2,30,32,33). The summed E-state index contributed by atoms with van der Waals surface area (Å²) in [4.78, 5) is 25.2. The lowest BCUT2D eigenvalue weighted by Gasteiger charge is -2.06. The number of carbonyl (C=O) groups is 1. The fourth-order valence-electron chi connectivity index (χ4n) is 4.10. The summed E-state index contributed by atoms with van der Waals surface area (Å²) in [5, 5.41) is 14.4. The van der Waals surface area contributed by atoms with Crippen molar-refractivity contribution in [2.24, 2.45) is 5.73 Å². The molecular formula is C27H20FN9O2. The Bertz CT molecular complexity index is 1810. The molecule has 0 spiro atoms. The van der Waals surface area contributed by atoms with Gasteiger partial charge in [0.2, 0.25) is 11.8 Å². The molecule has 4 heterocycles. The van der Waals surface area contributed by atoms with Crippen molar-refractivity contribution in [3.8, 4) is 34.6 Å². The predicted molar refractivity (Wildman–Crippen MR) is 139 cm³/mol. The molecule has 12 heteroatoms. The Balaban J connectivity index is 1.39. The number of nitrogens with two attached hydrogens (primary N) is 2. The van der Waals surface area contributed by atoms with Crippen LogP contribution in [0.3, 0.4) is 0 Å². The number of hydrogen-bond acceptors (Lipinski definition) is 9. The van der Waals surface area contributed by atoms with Crippen molar-refractivity contribution >= 4 is 22.8 Å². The van der Waals surface area contributed by atoms with Crippen molar-refractivity contribution in [3.63, 3.8) is 0 Å². The second-order valence-corrected chi connectivity index (χ2v) is 9.11. The van der Waals surface area contributed by atoms with Gasteiger partial charge in [0.25, 0.3) is 5.91 Å². The predicted octanol–water partition coefficient (Wildman–Crippen LogP) is 3.77. The Morgan fingerprint density at radius 1 is 1.15 bits per heavy atom. The lowest BCUT2D eigenvalue weighted by atomic mass is 10.1. The molecule has 0 saturated heterocycles. The van der Waals surface area contributed by atoms with Crippen LogP contribution in [0, 0.1) is 17.3 Å². The van der Waals surface area contributed by atoms with E-state index in [1.54, 1.807) is 30.3 Å². The molecule has 192 valence electrons. The molecule has 1 saturated carbocycles. The Labute approximate surface area is 220 Å². The van der Waals surface area contributed by atoms with Crippen LogP contribution in [-0.2, 0) is 0 Å². The van der Waals surface area contributed by atoms with Gasteiger partial charge < -0.3 is 16.2 Å². The average molecular weight is 522 g/mol. The minimum atomic E-state index is -0.828. The normalized spacial score (nSPS) is 14.2. The Kier molecular flexibility index (Phi) is 5.63. The van der Waals surface area contributed by atoms with Gasteiger partial charge in [0.05, 0.1) is 16.6 Å². The van der Waals surface area contributed by atoms with Crippen LogP contribution < -0.4 is 16.2 Å². The Morgan fingerprint density at radius 2 is 1.95 bits per heavy atom. The molecule has 0 unspecified atom stereocenters. The third-order valence-electron chi connectivity index (χ3n) is 6.30. The maximum Gasteiger partial charge on any atom is 0.272 e. The number of benzene rings is 1. The first-order valence-corrected chi connectivity index (χ1v) is 11.9. The molecule has 0 radical (unpaired) electrons. The van der Waals surface area contributed by atoms with Crippen LogP contribution in [0.2, 0.25) is 0 Å². The molecule has 39 heavy (non-hydrogen) atoms. The highest BCUT2D eigenvalue weighted by atomic mass is 19.1. The summed E-state index contributed by atoms with van der Waals surface area (Å²) in [5.74, 6) is -0.691. The third kappa shape index (κ3) is 4.47. The van der Waals surface area contributed by atoms with Gasteiger partial charge in [0, 0.05) is 24.0 Å². The number of fused-ring (bicyclic) bond motifs is 1. The van der Waals surface area contributed by atoms with Gasteiger partial charge in [-0.2, -0.15) is 19.7 Å². The van der Waals surface area contributed by atoms with E-state index in [-0.39, 0.29) is 28.5 Å². The molecular weight excluding hydrogens is 501 g/mol. The Morgan fingerprint density at radius 3 is 2.67 bits per heavy atom. The van der Waals surface area contributed by atoms with E-state index in [0.717, 1.165) is 12.8 Å². The van der Waals surface area contributed by atoms with E-state index in [0.29, 0.717) is 22.5 Å². The molecule has 0 aliphatic heterocycles. The summed E-state index contributed by atoms with van der Waals surface area (Å²) in [5.41, 5.74) is 12.5. The smallest absolute Gasteiger partial charge is 0.272 e. The second-order valence-electron chi connectivity index (χ2n) is 9.11. The van der Waals surface area contributed by atoms with Gasteiger partial charge in [0.15, 0.2) is 5.65 Å². The third-order valence-corrected chi connectivity index (χ3v) is 6.30. The van der Waals surface area contributed by atoms with E-state index in [9.17, 15) is 10.1 Å². The first-order chi connectivity index (χ1) is 18.8. The number of para-hydroxylation sites is 1. The van der Waals surface area contributed by atoms with E-state index < -0.39 is 17.4 Å². The summed E-state index contributed by atoms with van der Waals surface area (Å²) in [6.07, 6.45) is 7.19. The van der Waals surface area contributed by atoms with E-state index in [1.807, 2.05) is 12.1 Å². The van der Waals surface area contributed by atoms with Crippen molar-refractivity contribution in [2.45, 2.75) is 18.4 Å². The first kappa shape index (κ1) is 24.0. The SMILES string of the molecule is N#CC(=CC1(N)CC1)C(=O)n1ccc(-n2nc(-c3ccc(Oc4ccccc4)nc3F)c3c(N)ncnc32)c1. The van der Waals surface area contributed by atoms with Gasteiger partial charge in [0.1, 0.15) is 35.2 Å². The van der Waals surface area contributed by atoms with Gasteiger partial charge in [-0.05, 0) is 43.2 Å². The number of nitriles is 1. The molecule has 11 nitrogen and oxygen atoms in total. The molecule has 4 aromatic heterocycles. The topological polar surface area (TPSA) is 164 Å². The zero-order valence-corrected chi connectivity index (χ0v) is 20.3. The summed E-state index contributed by atoms with van der Waals surface area (Å²) >= 11 is 0. The van der Waals surface area contributed by atoms with Gasteiger partial charge >= 0.3 is 0 Å². The molecule has 4 N–H and O–H groups in total. The summed E-state index contributed by atoms with van der Waals surface area (Å²) < 4.78 is 23.6. The molecule has 0 amide bonds. The van der Waals surface area contributed by atoms with Gasteiger partial charge in [-0.3, -0.25) is 9.36 Å². The highest BCUT2D eigenvalue weighted by Gasteiger charge is 2.37. The number of carbonyl (C=O) groups excluding carboxylic acids is 1. The van der Waals surface area contributed by atoms with Gasteiger partial charge in [-0.1, -0.05) is 18.2 Å². The average Bonchev–Trinajstić information content (AvgIpc) is 3.30. The molecule has 1 aliphatic carbocycles. The van der Waals surface area contributed by atoms with Crippen LogP contribution in [0.5, 0.6) is 11.6 Å². The number of nitrogens with zero attached hydrogens (tertiary/aromatic N) is 7. The van der Waals surface area contributed by atoms with Gasteiger partial charge in [-0.15, -0.1) is 0 Å². The fraction of sp³-hybridized carbons (Fsp3) is 0.111. The summed E-state index contributed by atoms with van der Waals surface area (Å²) in [7, 11) is 0. The summed E-state index contributed by atoms with van der Waals surface area (Å²) in [6, 6.07) is 15.4. The Hall–Kier alpha value is -5.41. The van der Waals surface area contributed by atoms with Gasteiger partial charge in [-0.25, -0.2) is 14.6 Å². The van der Waals surface area contributed by atoms with Crippen LogP contribution in [0.15, 0.2) is 78.9 Å². The van der Waals surface area contributed by atoms with Crippen LogP contribution >= 0.6 is 0 Å². The molecule has 1 aliphatic rings. The fourth-order valence-corrected chi connectivity index (χ4v) is 4.10. The maximum atomic E-state index is 15.3. The van der Waals surface area contributed by atoms with E-state index in [2.05, 4.69) is 20.1 Å². The number of hydrogen-bond donors (Lipinski definition) is 2. The van der Waals surface area contributed by atoms with Crippen molar-refractivity contribution in [2.75, 3.05) is 5.73 Å². The zero-order chi connectivity index (χ0) is 27.1. The van der Waals surface area contributed by atoms with E-state index >= 15 is 4.39 Å². The maximum absolute atomic E-state index is 15.3. The molecule has 0 bridgehead atoms. The number of nitrogen functional groups attached to an aromatic ring is 1. The molecule has 0 atom stereocenters. The second kappa shape index (κ2) is 9.16. The molecule has 6 rings (SSSR count). The highest BCUT2D eigenvalue weighted by Crippen LogP contribution is 2.35. The molecule has 1 aromatic carbocycles. The van der Waals surface area contributed by atoms with Crippen molar-refractivity contribution in [1.29, 1.82) is 5.26 Å². The minimum Gasteiger partial charge on any atom is -0.439 e. The van der Waals surface area contributed by atoms with Crippen LogP contribution in [0.25, 0.3) is 28.0 Å². The highest BCUT2D eigenvalue weighted by molar-refractivity contribution is 6.00. The monoisotopic (exact) mass is 521 g/mol. The van der Waals surface area contributed by atoms with Crippen molar-refractivity contribution in [1.82, 2.24) is 29.3 Å². The van der Waals surface area contributed by atoms with Crippen LogP contribution in [0.1, 0.15) is 17.6 Å².